The Bertz CT molecular complexity index is 1240. The SMILES string of the molecule is C=C=CO[C@H]1[C@@H](O[Si](c2ccccc2)(c2ccccc2)C(C)(C)C)[C@@H]2O[C@H](c3ccccc3)OC[C@H]2O[C@@H]1SC. The van der Waals surface area contributed by atoms with E-state index in [1.165, 1.54) is 16.6 Å². The molecule has 0 amide bonds. The summed E-state index contributed by atoms with van der Waals surface area (Å²) in [5.74, 6) is 0. The molecule has 0 N–H and O–H groups in total. The van der Waals surface area contributed by atoms with Crippen molar-refractivity contribution < 1.29 is 23.4 Å². The van der Waals surface area contributed by atoms with Crippen molar-refractivity contribution in [2.24, 2.45) is 0 Å². The summed E-state index contributed by atoms with van der Waals surface area (Å²) in [5.41, 5.74) is 3.43. The van der Waals surface area contributed by atoms with E-state index in [9.17, 15) is 0 Å². The maximum Gasteiger partial charge on any atom is 0.261 e. The van der Waals surface area contributed by atoms with Crippen LogP contribution in [-0.4, -0.2) is 51.0 Å². The predicted molar refractivity (Wildman–Crippen MR) is 163 cm³/mol. The summed E-state index contributed by atoms with van der Waals surface area (Å²) in [5, 5.41) is 2.17. The fraction of sp³-hybridized carbons (Fsp3) is 0.364. The first-order valence-electron chi connectivity index (χ1n) is 13.7. The summed E-state index contributed by atoms with van der Waals surface area (Å²) in [6, 6.07) is 31.3. The normalized spacial score (nSPS) is 26.8. The third-order valence-electron chi connectivity index (χ3n) is 7.63. The third kappa shape index (κ3) is 5.61. The molecule has 7 heteroatoms. The lowest BCUT2D eigenvalue weighted by Gasteiger charge is -2.53. The van der Waals surface area contributed by atoms with Gasteiger partial charge in [0.25, 0.3) is 8.32 Å². The number of hydrogen-bond donors (Lipinski definition) is 0. The Morgan fingerprint density at radius 1 is 0.875 bits per heavy atom. The summed E-state index contributed by atoms with van der Waals surface area (Å²) >= 11 is 1.59. The molecule has 210 valence electrons. The zero-order valence-electron chi connectivity index (χ0n) is 23.6. The van der Waals surface area contributed by atoms with Crippen molar-refractivity contribution >= 4 is 30.5 Å². The molecular weight excluding hydrogens is 537 g/mol. The van der Waals surface area contributed by atoms with Crippen LogP contribution in [0.25, 0.3) is 0 Å². The number of hydrogen-bond acceptors (Lipinski definition) is 6. The van der Waals surface area contributed by atoms with E-state index in [2.05, 4.69) is 93.7 Å². The number of ether oxygens (including phenoxy) is 4. The van der Waals surface area contributed by atoms with Gasteiger partial charge in [-0.15, -0.1) is 11.8 Å². The van der Waals surface area contributed by atoms with E-state index < -0.39 is 32.9 Å². The van der Waals surface area contributed by atoms with Gasteiger partial charge in [0.05, 0.1) is 6.61 Å². The molecule has 0 aromatic heterocycles. The Kier molecular flexibility index (Phi) is 9.03. The van der Waals surface area contributed by atoms with Crippen molar-refractivity contribution in [2.75, 3.05) is 12.9 Å². The Hall–Kier alpha value is -2.61. The molecule has 0 radical (unpaired) electrons. The van der Waals surface area contributed by atoms with Gasteiger partial charge in [0, 0.05) is 5.56 Å². The van der Waals surface area contributed by atoms with Gasteiger partial charge in [-0.05, 0) is 21.7 Å². The van der Waals surface area contributed by atoms with E-state index in [1.807, 2.05) is 36.6 Å². The zero-order valence-corrected chi connectivity index (χ0v) is 25.4. The zero-order chi connectivity index (χ0) is 28.2. The quantitative estimate of drug-likeness (QED) is 0.192. The lowest BCUT2D eigenvalue weighted by Crippen LogP contribution is -2.72. The fourth-order valence-electron chi connectivity index (χ4n) is 5.82. The second kappa shape index (κ2) is 12.5. The van der Waals surface area contributed by atoms with E-state index in [0.717, 1.165) is 5.56 Å². The first kappa shape index (κ1) is 28.9. The Morgan fingerprint density at radius 3 is 1.98 bits per heavy atom. The highest BCUT2D eigenvalue weighted by molar-refractivity contribution is 7.99. The van der Waals surface area contributed by atoms with Gasteiger partial charge >= 0.3 is 0 Å². The monoisotopic (exact) mass is 574 g/mol. The molecule has 2 heterocycles. The Labute approximate surface area is 243 Å². The lowest BCUT2D eigenvalue weighted by atomic mass is 9.98. The van der Waals surface area contributed by atoms with E-state index in [-0.39, 0.29) is 16.6 Å². The molecule has 0 spiro atoms. The van der Waals surface area contributed by atoms with Crippen molar-refractivity contribution in [3.8, 4) is 0 Å². The molecule has 40 heavy (non-hydrogen) atoms. The van der Waals surface area contributed by atoms with Gasteiger partial charge in [-0.1, -0.05) is 124 Å². The van der Waals surface area contributed by atoms with Crippen LogP contribution in [0.2, 0.25) is 5.04 Å². The number of fused-ring (bicyclic) bond motifs is 1. The second-order valence-electron chi connectivity index (χ2n) is 11.1. The summed E-state index contributed by atoms with van der Waals surface area (Å²) in [6.07, 6.45) is 1.35. The maximum atomic E-state index is 7.68. The molecule has 2 saturated heterocycles. The first-order valence-corrected chi connectivity index (χ1v) is 16.9. The van der Waals surface area contributed by atoms with Gasteiger partial charge in [0.15, 0.2) is 12.4 Å². The smallest absolute Gasteiger partial charge is 0.261 e. The van der Waals surface area contributed by atoms with Gasteiger partial charge in [-0.2, -0.15) is 0 Å². The maximum absolute atomic E-state index is 7.68. The molecule has 3 aromatic rings. The number of rotatable bonds is 8. The first-order chi connectivity index (χ1) is 19.4. The largest absolute Gasteiger partial charge is 0.483 e. The molecule has 5 nitrogen and oxygen atoms in total. The van der Waals surface area contributed by atoms with Crippen molar-refractivity contribution in [1.82, 2.24) is 0 Å². The summed E-state index contributed by atoms with van der Waals surface area (Å²) in [7, 11) is -2.95. The Balaban J connectivity index is 1.65. The summed E-state index contributed by atoms with van der Waals surface area (Å²) in [4.78, 5) is 0. The third-order valence-corrected chi connectivity index (χ3v) is 13.5. The highest BCUT2D eigenvalue weighted by atomic mass is 32.2. The molecule has 3 aromatic carbocycles. The summed E-state index contributed by atoms with van der Waals surface area (Å²) < 4.78 is 33.4. The van der Waals surface area contributed by atoms with Crippen LogP contribution < -0.4 is 10.4 Å². The lowest BCUT2D eigenvalue weighted by molar-refractivity contribution is -0.316. The topological polar surface area (TPSA) is 46.2 Å². The van der Waals surface area contributed by atoms with Crippen LogP contribution in [0.1, 0.15) is 32.6 Å². The van der Waals surface area contributed by atoms with Crippen molar-refractivity contribution in [1.29, 1.82) is 0 Å². The van der Waals surface area contributed by atoms with Crippen LogP contribution in [0.5, 0.6) is 0 Å². The number of thioether (sulfide) groups is 1. The van der Waals surface area contributed by atoms with E-state index >= 15 is 0 Å². The van der Waals surface area contributed by atoms with Crippen LogP contribution in [0.3, 0.4) is 0 Å². The van der Waals surface area contributed by atoms with Gasteiger partial charge in [-0.25, -0.2) is 0 Å². The van der Waals surface area contributed by atoms with Crippen LogP contribution in [0.4, 0.5) is 0 Å². The van der Waals surface area contributed by atoms with Crippen LogP contribution in [0, 0.1) is 0 Å². The Morgan fingerprint density at radius 2 is 1.45 bits per heavy atom. The molecule has 2 aliphatic heterocycles. The molecule has 2 fully saturated rings. The van der Waals surface area contributed by atoms with Crippen molar-refractivity contribution in [3.05, 3.63) is 115 Å². The highest BCUT2D eigenvalue weighted by Crippen LogP contribution is 2.43. The highest BCUT2D eigenvalue weighted by Gasteiger charge is 2.58. The minimum atomic E-state index is -2.95. The van der Waals surface area contributed by atoms with Crippen LogP contribution >= 0.6 is 11.8 Å². The fourth-order valence-corrected chi connectivity index (χ4v) is 11.2. The average Bonchev–Trinajstić information content (AvgIpc) is 2.99. The molecule has 0 bridgehead atoms. The molecule has 6 atom stereocenters. The molecule has 0 unspecified atom stereocenters. The molecule has 5 rings (SSSR count). The van der Waals surface area contributed by atoms with E-state index in [0.29, 0.717) is 6.61 Å². The molecule has 0 aliphatic carbocycles. The molecule has 2 aliphatic rings. The number of benzene rings is 3. The van der Waals surface area contributed by atoms with Gasteiger partial charge in [-0.3, -0.25) is 0 Å². The minimum absolute atomic E-state index is 0.221. The van der Waals surface area contributed by atoms with Crippen LogP contribution in [-0.2, 0) is 23.4 Å². The van der Waals surface area contributed by atoms with E-state index in [4.69, 9.17) is 23.4 Å². The van der Waals surface area contributed by atoms with Gasteiger partial charge in [0.1, 0.15) is 30.0 Å². The van der Waals surface area contributed by atoms with Crippen molar-refractivity contribution in [3.63, 3.8) is 0 Å². The molecular formula is C33H38O5SSi. The average molecular weight is 575 g/mol. The van der Waals surface area contributed by atoms with Gasteiger partial charge < -0.3 is 23.4 Å². The molecule has 0 saturated carbocycles. The summed E-state index contributed by atoms with van der Waals surface area (Å²) in [6.45, 7) is 11.0. The van der Waals surface area contributed by atoms with E-state index in [1.54, 1.807) is 11.8 Å². The van der Waals surface area contributed by atoms with Crippen molar-refractivity contribution in [2.45, 2.75) is 62.0 Å². The predicted octanol–water partition coefficient (Wildman–Crippen LogP) is 5.82. The second-order valence-corrected chi connectivity index (χ2v) is 16.3. The van der Waals surface area contributed by atoms with Crippen LogP contribution in [0.15, 0.2) is 110 Å². The minimum Gasteiger partial charge on any atom is -0.483 e. The standard InChI is InChI=1S/C33H38O5SSi/c1-6-22-34-30-29(28-27(36-32(30)39-5)23-35-31(37-28)24-16-10-7-11-17-24)38-40(33(2,3)4,25-18-12-8-13-19-25)26-20-14-9-15-21-26/h7-22,27-32H,1,23H2,2-5H3/t27-,28-,29+,30+,31-,32-/m1/s1. The van der Waals surface area contributed by atoms with Gasteiger partial charge in [0.2, 0.25) is 0 Å².